The summed E-state index contributed by atoms with van der Waals surface area (Å²) in [4.78, 5) is 3.94. The quantitative estimate of drug-likeness (QED) is 0.531. The Morgan fingerprint density at radius 2 is 1.79 bits per heavy atom. The van der Waals surface area contributed by atoms with Crippen LogP contribution in [0.5, 0.6) is 5.75 Å². The van der Waals surface area contributed by atoms with Crippen molar-refractivity contribution in [3.05, 3.63) is 86.5 Å². The monoisotopic (exact) mass is 456 g/mol. The van der Waals surface area contributed by atoms with Crippen LogP contribution in [0.15, 0.2) is 70.5 Å². The van der Waals surface area contributed by atoms with Crippen LogP contribution in [0, 0.1) is 0 Å². The van der Waals surface area contributed by atoms with Crippen LogP contribution in [-0.2, 0) is 6.61 Å². The first kappa shape index (κ1) is 19.6. The zero-order valence-corrected chi connectivity index (χ0v) is 18.2. The van der Waals surface area contributed by atoms with Crippen LogP contribution >= 0.6 is 27.3 Å². The lowest BCUT2D eigenvalue weighted by molar-refractivity contribution is 0.232. The maximum Gasteiger partial charge on any atom is 0.124 e. The molecule has 28 heavy (non-hydrogen) atoms. The van der Waals surface area contributed by atoms with Gasteiger partial charge < -0.3 is 10.1 Å². The highest BCUT2D eigenvalue weighted by Crippen LogP contribution is 2.39. The Kier molecular flexibility index (Phi) is 6.81. The molecule has 1 saturated heterocycles. The van der Waals surface area contributed by atoms with Gasteiger partial charge in [-0.25, -0.2) is 0 Å². The second kappa shape index (κ2) is 9.70. The third kappa shape index (κ3) is 4.84. The van der Waals surface area contributed by atoms with Gasteiger partial charge in [0.1, 0.15) is 12.4 Å². The molecule has 0 bridgehead atoms. The molecular weight excluding hydrogens is 432 g/mol. The van der Waals surface area contributed by atoms with Crippen molar-refractivity contribution in [3.63, 3.8) is 0 Å². The number of nitrogens with one attached hydrogen (secondary N) is 1. The lowest BCUT2D eigenvalue weighted by Crippen LogP contribution is -2.32. The van der Waals surface area contributed by atoms with Crippen molar-refractivity contribution in [3.8, 4) is 5.75 Å². The van der Waals surface area contributed by atoms with Gasteiger partial charge in [-0.2, -0.15) is 0 Å². The maximum absolute atomic E-state index is 6.31. The zero-order valence-electron chi connectivity index (χ0n) is 15.8. The third-order valence-electron chi connectivity index (χ3n) is 5.05. The van der Waals surface area contributed by atoms with E-state index in [1.807, 2.05) is 17.4 Å². The van der Waals surface area contributed by atoms with Gasteiger partial charge in [-0.05, 0) is 52.7 Å². The summed E-state index contributed by atoms with van der Waals surface area (Å²) in [6.45, 7) is 4.81. The lowest BCUT2D eigenvalue weighted by Gasteiger charge is -2.31. The Morgan fingerprint density at radius 3 is 2.61 bits per heavy atom. The fraction of sp³-hybridized carbons (Fsp3) is 0.304. The fourth-order valence-electron chi connectivity index (χ4n) is 3.70. The molecule has 0 aliphatic carbocycles. The van der Waals surface area contributed by atoms with E-state index in [1.54, 1.807) is 0 Å². The van der Waals surface area contributed by atoms with Gasteiger partial charge in [0, 0.05) is 30.1 Å². The molecule has 4 rings (SSSR count). The SMILES string of the molecule is Brc1ccc(C(c2ccccc2OCc2ccccc2)N2CCCNCC2)s1. The third-order valence-corrected chi connectivity index (χ3v) is 6.73. The molecule has 1 aliphatic heterocycles. The molecule has 1 unspecified atom stereocenters. The molecule has 1 aliphatic rings. The Balaban J connectivity index is 1.65. The zero-order chi connectivity index (χ0) is 19.2. The molecule has 2 heterocycles. The summed E-state index contributed by atoms with van der Waals surface area (Å²) in [6, 6.07) is 23.5. The van der Waals surface area contributed by atoms with E-state index in [0.717, 1.165) is 38.3 Å². The Bertz CT molecular complexity index is 875. The Morgan fingerprint density at radius 1 is 0.964 bits per heavy atom. The van der Waals surface area contributed by atoms with Gasteiger partial charge in [0.2, 0.25) is 0 Å². The fourth-order valence-corrected chi connectivity index (χ4v) is 5.28. The minimum Gasteiger partial charge on any atom is -0.489 e. The van der Waals surface area contributed by atoms with Crippen LogP contribution in [0.2, 0.25) is 0 Å². The summed E-state index contributed by atoms with van der Waals surface area (Å²) < 4.78 is 7.47. The number of halogens is 1. The van der Waals surface area contributed by atoms with Crippen molar-refractivity contribution < 1.29 is 4.74 Å². The highest BCUT2D eigenvalue weighted by atomic mass is 79.9. The molecule has 146 valence electrons. The average molecular weight is 457 g/mol. The highest BCUT2D eigenvalue weighted by Gasteiger charge is 2.27. The molecule has 3 nitrogen and oxygen atoms in total. The minimum atomic E-state index is 0.211. The second-order valence-corrected chi connectivity index (χ2v) is 9.49. The van der Waals surface area contributed by atoms with Crippen molar-refractivity contribution in [1.29, 1.82) is 0 Å². The number of hydrogen-bond acceptors (Lipinski definition) is 4. The normalized spacial score (nSPS) is 16.5. The smallest absolute Gasteiger partial charge is 0.124 e. The molecule has 1 N–H and O–H groups in total. The number of ether oxygens (including phenoxy) is 1. The standard InChI is InChI=1S/C23H25BrN2OS/c24-22-12-11-21(28-22)23(26-15-6-13-25-14-16-26)19-9-4-5-10-20(19)27-17-18-7-2-1-3-8-18/h1-5,7-12,23,25H,6,13-17H2. The first-order valence-corrected chi connectivity index (χ1v) is 11.4. The number of hydrogen-bond donors (Lipinski definition) is 1. The van der Waals surface area contributed by atoms with Crippen molar-refractivity contribution in [2.24, 2.45) is 0 Å². The predicted octanol–water partition coefficient (Wildman–Crippen LogP) is 5.47. The Hall–Kier alpha value is -1.66. The topological polar surface area (TPSA) is 24.5 Å². The molecule has 1 atom stereocenters. The van der Waals surface area contributed by atoms with Crippen LogP contribution in [0.25, 0.3) is 0 Å². The molecule has 1 fully saturated rings. The largest absolute Gasteiger partial charge is 0.489 e. The van der Waals surface area contributed by atoms with E-state index in [2.05, 4.69) is 86.8 Å². The van der Waals surface area contributed by atoms with Crippen molar-refractivity contribution in [2.45, 2.75) is 19.1 Å². The van der Waals surface area contributed by atoms with Crippen LogP contribution in [0.1, 0.15) is 28.5 Å². The first-order chi connectivity index (χ1) is 13.8. The van der Waals surface area contributed by atoms with Crippen molar-refractivity contribution >= 4 is 27.3 Å². The molecule has 0 saturated carbocycles. The number of nitrogens with zero attached hydrogens (tertiary/aromatic N) is 1. The number of para-hydroxylation sites is 1. The van der Waals surface area contributed by atoms with Crippen molar-refractivity contribution in [2.75, 3.05) is 26.2 Å². The van der Waals surface area contributed by atoms with E-state index in [9.17, 15) is 0 Å². The Labute approximate surface area is 179 Å². The molecule has 5 heteroatoms. The van der Waals surface area contributed by atoms with Gasteiger partial charge in [0.05, 0.1) is 9.83 Å². The first-order valence-electron chi connectivity index (χ1n) is 9.77. The summed E-state index contributed by atoms with van der Waals surface area (Å²) in [5.74, 6) is 0.970. The van der Waals surface area contributed by atoms with E-state index < -0.39 is 0 Å². The van der Waals surface area contributed by atoms with Gasteiger partial charge in [-0.15, -0.1) is 11.3 Å². The number of benzene rings is 2. The molecule has 2 aromatic carbocycles. The van der Waals surface area contributed by atoms with Gasteiger partial charge >= 0.3 is 0 Å². The lowest BCUT2D eigenvalue weighted by atomic mass is 10.0. The van der Waals surface area contributed by atoms with Crippen LogP contribution in [-0.4, -0.2) is 31.1 Å². The van der Waals surface area contributed by atoms with E-state index in [4.69, 9.17) is 4.74 Å². The van der Waals surface area contributed by atoms with Crippen LogP contribution in [0.4, 0.5) is 0 Å². The van der Waals surface area contributed by atoms with Gasteiger partial charge in [-0.3, -0.25) is 4.90 Å². The summed E-state index contributed by atoms with van der Waals surface area (Å²) in [6.07, 6.45) is 1.16. The molecule has 0 radical (unpaired) electrons. The van der Waals surface area contributed by atoms with E-state index in [0.29, 0.717) is 6.61 Å². The molecule has 0 spiro atoms. The summed E-state index contributed by atoms with van der Waals surface area (Å²) >= 11 is 5.46. The average Bonchev–Trinajstić information content (AvgIpc) is 2.98. The molecule has 3 aromatic rings. The minimum absolute atomic E-state index is 0.211. The maximum atomic E-state index is 6.31. The number of thiophene rings is 1. The van der Waals surface area contributed by atoms with E-state index >= 15 is 0 Å². The highest BCUT2D eigenvalue weighted by molar-refractivity contribution is 9.11. The number of rotatable bonds is 6. The van der Waals surface area contributed by atoms with Gasteiger partial charge in [0.15, 0.2) is 0 Å². The summed E-state index contributed by atoms with van der Waals surface area (Å²) in [5.41, 5.74) is 2.43. The van der Waals surface area contributed by atoms with Crippen LogP contribution in [0.3, 0.4) is 0 Å². The summed E-state index contributed by atoms with van der Waals surface area (Å²) in [7, 11) is 0. The molecule has 1 aromatic heterocycles. The summed E-state index contributed by atoms with van der Waals surface area (Å²) in [5, 5.41) is 3.52. The van der Waals surface area contributed by atoms with Crippen LogP contribution < -0.4 is 10.1 Å². The van der Waals surface area contributed by atoms with Gasteiger partial charge in [0.25, 0.3) is 0 Å². The predicted molar refractivity (Wildman–Crippen MR) is 120 cm³/mol. The second-order valence-electron chi connectivity index (χ2n) is 7.00. The molecule has 0 amide bonds. The molecular formula is C23H25BrN2OS. The van der Waals surface area contributed by atoms with Crippen molar-refractivity contribution in [1.82, 2.24) is 10.2 Å². The van der Waals surface area contributed by atoms with E-state index in [-0.39, 0.29) is 6.04 Å². The van der Waals surface area contributed by atoms with Gasteiger partial charge in [-0.1, -0.05) is 48.5 Å². The van der Waals surface area contributed by atoms with E-state index in [1.165, 1.54) is 19.8 Å².